The van der Waals surface area contributed by atoms with Gasteiger partial charge < -0.3 is 10.00 Å². The first kappa shape index (κ1) is 17.3. The molecule has 1 rings (SSSR count). The Kier molecular flexibility index (Phi) is 6.36. The van der Waals surface area contributed by atoms with E-state index in [1.165, 1.54) is 4.90 Å². The monoisotopic (exact) mass is 306 g/mol. The maximum atomic E-state index is 11.9. The van der Waals surface area contributed by atoms with Crippen LogP contribution in [0.15, 0.2) is 12.2 Å². The summed E-state index contributed by atoms with van der Waals surface area (Å²) in [6, 6.07) is 0. The predicted molar refractivity (Wildman–Crippen MR) is 74.4 cm³/mol. The summed E-state index contributed by atoms with van der Waals surface area (Å²) in [5.74, 6) is -2.11. The van der Waals surface area contributed by atoms with Crippen molar-refractivity contribution in [3.63, 3.8) is 0 Å². The van der Waals surface area contributed by atoms with Gasteiger partial charge in [-0.15, -0.1) is 0 Å². The van der Waals surface area contributed by atoms with Gasteiger partial charge in [-0.3, -0.25) is 19.5 Å². The van der Waals surface area contributed by atoms with E-state index in [9.17, 15) is 24.6 Å². The average Bonchev–Trinajstić information content (AvgIpc) is 2.37. The molecule has 0 saturated heterocycles. The second-order valence-electron chi connectivity index (χ2n) is 5.31. The molecule has 0 bridgehead atoms. The zero-order valence-corrected chi connectivity index (χ0v) is 12.7. The highest BCUT2D eigenvalue weighted by molar-refractivity contribution is 7.57. The van der Waals surface area contributed by atoms with Crippen molar-refractivity contribution in [2.24, 2.45) is 5.92 Å². The Hall–Kier alpha value is -0.720. The third kappa shape index (κ3) is 5.34. The number of aliphatic hydroxyl groups is 1. The molecule has 7 nitrogen and oxygen atoms in total. The molecular formula is C12H23N2O5P. The van der Waals surface area contributed by atoms with Crippen molar-refractivity contribution in [2.45, 2.75) is 25.1 Å². The molecule has 116 valence electrons. The van der Waals surface area contributed by atoms with Gasteiger partial charge >= 0.3 is 0 Å². The van der Waals surface area contributed by atoms with Crippen molar-refractivity contribution in [3.05, 3.63) is 12.2 Å². The van der Waals surface area contributed by atoms with Gasteiger partial charge in [0.1, 0.15) is 12.5 Å². The first-order valence-corrected chi connectivity index (χ1v) is 8.73. The number of nitrogens with zero attached hydrogens (tertiary/aromatic N) is 2. The Morgan fingerprint density at radius 1 is 1.55 bits per heavy atom. The highest BCUT2D eigenvalue weighted by Gasteiger charge is 2.27. The number of aliphatic hydroxyl groups excluding tert-OH is 1. The summed E-state index contributed by atoms with van der Waals surface area (Å²) < 4.78 is 11.2. The molecule has 0 aromatic heterocycles. The Morgan fingerprint density at radius 2 is 2.20 bits per heavy atom. The molecule has 1 amide bonds. The fraction of sp³-hybridized carbons (Fsp3) is 0.750. The van der Waals surface area contributed by atoms with Gasteiger partial charge in [-0.25, -0.2) is 5.06 Å². The smallest absolute Gasteiger partial charge is 0.254 e. The van der Waals surface area contributed by atoms with Crippen LogP contribution in [0.3, 0.4) is 0 Å². The molecule has 0 aromatic rings. The van der Waals surface area contributed by atoms with E-state index < -0.39 is 19.1 Å². The average molecular weight is 306 g/mol. The number of likely N-dealkylation sites (N-methyl/N-ethyl adjacent to an activating group) is 1. The standard InChI is InChI=1S/C12H23N2O5P/c1-13(8-11(15)20(2,18)19)9-14(17)12(16)10-6-4-3-5-7-10/h4,6,10-11,15,17H,3,5,7-9H2,1-2H3,(H,18,19). The number of carbonyl (C=O) groups excluding carboxylic acids is 1. The first-order chi connectivity index (χ1) is 9.21. The van der Waals surface area contributed by atoms with Crippen LogP contribution in [0.1, 0.15) is 19.3 Å². The lowest BCUT2D eigenvalue weighted by Crippen LogP contribution is -2.42. The Bertz CT molecular complexity index is 409. The highest BCUT2D eigenvalue weighted by Crippen LogP contribution is 2.40. The summed E-state index contributed by atoms with van der Waals surface area (Å²) >= 11 is 0. The predicted octanol–water partition coefficient (Wildman–Crippen LogP) is 0.668. The third-order valence-electron chi connectivity index (χ3n) is 3.23. The van der Waals surface area contributed by atoms with Gasteiger partial charge in [-0.1, -0.05) is 12.2 Å². The van der Waals surface area contributed by atoms with Crippen LogP contribution in [-0.4, -0.2) is 63.8 Å². The molecule has 0 fully saturated rings. The molecule has 0 aromatic carbocycles. The van der Waals surface area contributed by atoms with Crippen LogP contribution < -0.4 is 0 Å². The van der Waals surface area contributed by atoms with E-state index in [2.05, 4.69) is 0 Å². The number of rotatable bonds is 6. The minimum absolute atomic E-state index is 0.102. The molecule has 0 heterocycles. The SMILES string of the molecule is CN(CC(O)P(C)(=O)O)CN(O)C(=O)C1C=CCCC1. The van der Waals surface area contributed by atoms with E-state index in [4.69, 9.17) is 0 Å². The Labute approximate surface area is 118 Å². The number of carbonyl (C=O) groups is 1. The van der Waals surface area contributed by atoms with Crippen LogP contribution in [0.5, 0.6) is 0 Å². The first-order valence-electron chi connectivity index (χ1n) is 6.55. The summed E-state index contributed by atoms with van der Waals surface area (Å²) in [6.45, 7) is 0.843. The molecular weight excluding hydrogens is 283 g/mol. The molecule has 1 aliphatic rings. The molecule has 3 atom stereocenters. The van der Waals surface area contributed by atoms with Crippen LogP contribution in [0.2, 0.25) is 0 Å². The Balaban J connectivity index is 2.46. The molecule has 0 radical (unpaired) electrons. The minimum atomic E-state index is -3.59. The van der Waals surface area contributed by atoms with Crippen LogP contribution in [0.25, 0.3) is 0 Å². The fourth-order valence-corrected chi connectivity index (χ4v) is 2.58. The van der Waals surface area contributed by atoms with Crippen molar-refractivity contribution < 1.29 is 24.6 Å². The Morgan fingerprint density at radius 3 is 2.70 bits per heavy atom. The van der Waals surface area contributed by atoms with Gasteiger partial charge in [0.2, 0.25) is 7.37 Å². The largest absolute Gasteiger partial charge is 0.382 e. The molecule has 20 heavy (non-hydrogen) atoms. The number of allylic oxidation sites excluding steroid dienone is 1. The maximum absolute atomic E-state index is 11.9. The van der Waals surface area contributed by atoms with E-state index >= 15 is 0 Å². The van der Waals surface area contributed by atoms with Crippen molar-refractivity contribution in [1.82, 2.24) is 9.96 Å². The molecule has 1 aliphatic carbocycles. The van der Waals surface area contributed by atoms with E-state index in [-0.39, 0.29) is 19.1 Å². The zero-order valence-electron chi connectivity index (χ0n) is 11.8. The molecule has 3 unspecified atom stereocenters. The molecule has 8 heteroatoms. The summed E-state index contributed by atoms with van der Waals surface area (Å²) in [7, 11) is -2.04. The van der Waals surface area contributed by atoms with Crippen molar-refractivity contribution in [2.75, 3.05) is 26.9 Å². The lowest BCUT2D eigenvalue weighted by molar-refractivity contribution is -0.177. The normalized spacial score (nSPS) is 23.4. The van der Waals surface area contributed by atoms with E-state index in [0.29, 0.717) is 11.5 Å². The van der Waals surface area contributed by atoms with Crippen molar-refractivity contribution >= 4 is 13.3 Å². The second kappa shape index (κ2) is 7.33. The van der Waals surface area contributed by atoms with E-state index in [0.717, 1.165) is 19.5 Å². The highest BCUT2D eigenvalue weighted by atomic mass is 31.2. The lowest BCUT2D eigenvalue weighted by atomic mass is 9.95. The maximum Gasteiger partial charge on any atom is 0.254 e. The summed E-state index contributed by atoms with van der Waals surface area (Å²) in [6.07, 6.45) is 6.28. The second-order valence-corrected chi connectivity index (χ2v) is 7.79. The quantitative estimate of drug-likeness (QED) is 0.219. The molecule has 3 N–H and O–H groups in total. The van der Waals surface area contributed by atoms with Gasteiger partial charge in [-0.2, -0.15) is 0 Å². The van der Waals surface area contributed by atoms with Gasteiger partial charge in [0.05, 0.1) is 5.92 Å². The van der Waals surface area contributed by atoms with Gasteiger partial charge in [-0.05, 0) is 26.3 Å². The number of amides is 1. The lowest BCUT2D eigenvalue weighted by Gasteiger charge is -2.27. The van der Waals surface area contributed by atoms with Crippen molar-refractivity contribution in [1.29, 1.82) is 0 Å². The van der Waals surface area contributed by atoms with Gasteiger partial charge in [0, 0.05) is 13.2 Å². The van der Waals surface area contributed by atoms with Gasteiger partial charge in [0.25, 0.3) is 5.91 Å². The topological polar surface area (TPSA) is 101 Å². The number of hydrogen-bond acceptors (Lipinski definition) is 5. The van der Waals surface area contributed by atoms with E-state index in [1.807, 2.05) is 6.08 Å². The minimum Gasteiger partial charge on any atom is -0.382 e. The molecule has 0 aliphatic heterocycles. The van der Waals surface area contributed by atoms with Crippen LogP contribution in [0, 0.1) is 5.92 Å². The van der Waals surface area contributed by atoms with Crippen LogP contribution in [0.4, 0.5) is 0 Å². The zero-order chi connectivity index (χ0) is 15.3. The van der Waals surface area contributed by atoms with Crippen LogP contribution in [-0.2, 0) is 9.36 Å². The van der Waals surface area contributed by atoms with Gasteiger partial charge in [0.15, 0.2) is 0 Å². The fourth-order valence-electron chi connectivity index (χ4n) is 2.00. The number of hydrogen-bond donors (Lipinski definition) is 3. The molecule has 0 saturated carbocycles. The summed E-state index contributed by atoms with van der Waals surface area (Å²) in [5, 5.41) is 19.8. The summed E-state index contributed by atoms with van der Waals surface area (Å²) in [4.78, 5) is 22.6. The molecule has 0 spiro atoms. The summed E-state index contributed by atoms with van der Waals surface area (Å²) in [5.41, 5.74) is 0. The third-order valence-corrected chi connectivity index (χ3v) is 4.50. The van der Waals surface area contributed by atoms with Crippen LogP contribution >= 0.6 is 7.37 Å². The van der Waals surface area contributed by atoms with E-state index in [1.54, 1.807) is 13.1 Å². The number of hydroxylamine groups is 2. The van der Waals surface area contributed by atoms with Crippen molar-refractivity contribution in [3.8, 4) is 0 Å².